The Hall–Kier alpha value is -3.41. The predicted octanol–water partition coefficient (Wildman–Crippen LogP) is 2.25. The molecule has 0 atom stereocenters. The summed E-state index contributed by atoms with van der Waals surface area (Å²) in [6.45, 7) is 3.00. The predicted molar refractivity (Wildman–Crippen MR) is 109 cm³/mol. The van der Waals surface area contributed by atoms with E-state index in [0.29, 0.717) is 32.7 Å². The van der Waals surface area contributed by atoms with Gasteiger partial charge in [-0.3, -0.25) is 9.59 Å². The van der Waals surface area contributed by atoms with Gasteiger partial charge in [-0.1, -0.05) is 36.4 Å². The van der Waals surface area contributed by atoms with Crippen molar-refractivity contribution < 1.29 is 4.79 Å². The van der Waals surface area contributed by atoms with Crippen LogP contribution in [0.3, 0.4) is 0 Å². The fourth-order valence-electron chi connectivity index (χ4n) is 3.45. The quantitative estimate of drug-likeness (QED) is 0.703. The maximum absolute atomic E-state index is 12.9. The number of benzene rings is 1. The van der Waals surface area contributed by atoms with Crippen molar-refractivity contribution in [2.24, 2.45) is 0 Å². The van der Waals surface area contributed by atoms with Crippen LogP contribution in [-0.4, -0.2) is 46.5 Å². The second kappa shape index (κ2) is 8.08. The molecule has 0 N–H and O–H groups in total. The molecule has 6 heteroatoms. The first kappa shape index (κ1) is 18.0. The third-order valence-electron chi connectivity index (χ3n) is 4.99. The minimum absolute atomic E-state index is 0.201. The zero-order chi connectivity index (χ0) is 19.3. The molecule has 1 aliphatic rings. The van der Waals surface area contributed by atoms with Crippen LogP contribution in [0.5, 0.6) is 0 Å². The van der Waals surface area contributed by atoms with E-state index >= 15 is 0 Å². The van der Waals surface area contributed by atoms with Gasteiger partial charge in [-0.2, -0.15) is 0 Å². The van der Waals surface area contributed by atoms with Crippen LogP contribution in [0, 0.1) is 0 Å². The maximum atomic E-state index is 12.9. The third-order valence-corrected chi connectivity index (χ3v) is 4.99. The molecule has 2 aromatic heterocycles. The van der Waals surface area contributed by atoms with E-state index in [-0.39, 0.29) is 17.0 Å². The number of carbonyl (C=O) groups excluding carboxylic acids is 1. The SMILES string of the molecule is O=C(c1cccn(Cc2ccccc2)c1=O)N1CCN(c2ccccn2)CC1. The standard InChI is InChI=1S/C22H22N4O2/c27-21(25-15-13-24(14-16-25)20-10-4-5-11-23-20)19-9-6-12-26(22(19)28)17-18-7-2-1-3-8-18/h1-12H,13-17H2. The van der Waals surface area contributed by atoms with E-state index in [9.17, 15) is 9.59 Å². The number of amides is 1. The fourth-order valence-corrected chi connectivity index (χ4v) is 3.45. The number of hydrogen-bond donors (Lipinski definition) is 0. The number of pyridine rings is 2. The molecule has 1 fully saturated rings. The number of aromatic nitrogens is 2. The van der Waals surface area contributed by atoms with Gasteiger partial charge in [0, 0.05) is 38.6 Å². The monoisotopic (exact) mass is 374 g/mol. The smallest absolute Gasteiger partial charge is 0.263 e. The average Bonchev–Trinajstić information content (AvgIpc) is 2.76. The summed E-state index contributed by atoms with van der Waals surface area (Å²) in [5, 5.41) is 0. The molecule has 1 saturated heterocycles. The van der Waals surface area contributed by atoms with Crippen LogP contribution in [0.1, 0.15) is 15.9 Å². The fraction of sp³-hybridized carbons (Fsp3) is 0.227. The number of rotatable bonds is 4. The molecule has 0 bridgehead atoms. The molecule has 6 nitrogen and oxygen atoms in total. The molecule has 0 spiro atoms. The molecular weight excluding hydrogens is 352 g/mol. The Balaban J connectivity index is 1.47. The molecule has 0 unspecified atom stereocenters. The normalized spacial score (nSPS) is 14.1. The molecule has 3 aromatic rings. The lowest BCUT2D eigenvalue weighted by molar-refractivity contribution is 0.0744. The Bertz CT molecular complexity index is 994. The van der Waals surface area contributed by atoms with Crippen LogP contribution in [0.25, 0.3) is 0 Å². The summed E-state index contributed by atoms with van der Waals surface area (Å²) in [5.74, 6) is 0.715. The highest BCUT2D eigenvalue weighted by Crippen LogP contribution is 2.13. The summed E-state index contributed by atoms with van der Waals surface area (Å²) in [6, 6.07) is 19.0. The summed E-state index contributed by atoms with van der Waals surface area (Å²) >= 11 is 0. The summed E-state index contributed by atoms with van der Waals surface area (Å²) in [6.07, 6.45) is 3.50. The lowest BCUT2D eigenvalue weighted by Gasteiger charge is -2.35. The first-order valence-corrected chi connectivity index (χ1v) is 9.41. The highest BCUT2D eigenvalue weighted by molar-refractivity contribution is 5.94. The molecule has 1 amide bonds. The Labute approximate surface area is 163 Å². The molecule has 0 saturated carbocycles. The minimum Gasteiger partial charge on any atom is -0.353 e. The van der Waals surface area contributed by atoms with Crippen LogP contribution in [0.4, 0.5) is 5.82 Å². The van der Waals surface area contributed by atoms with Crippen LogP contribution in [-0.2, 0) is 6.54 Å². The summed E-state index contributed by atoms with van der Waals surface area (Å²) in [5.41, 5.74) is 1.01. The van der Waals surface area contributed by atoms with Crippen molar-refractivity contribution in [1.29, 1.82) is 0 Å². The number of piperazine rings is 1. The van der Waals surface area contributed by atoms with Crippen molar-refractivity contribution >= 4 is 11.7 Å². The van der Waals surface area contributed by atoms with E-state index in [2.05, 4.69) is 9.88 Å². The van der Waals surface area contributed by atoms with Gasteiger partial charge in [0.2, 0.25) is 0 Å². The largest absolute Gasteiger partial charge is 0.353 e. The number of carbonyl (C=O) groups is 1. The van der Waals surface area contributed by atoms with Crippen molar-refractivity contribution in [3.05, 3.63) is 94.5 Å². The Morgan fingerprint density at radius 2 is 1.64 bits per heavy atom. The highest BCUT2D eigenvalue weighted by atomic mass is 16.2. The van der Waals surface area contributed by atoms with Crippen molar-refractivity contribution in [3.63, 3.8) is 0 Å². The summed E-state index contributed by atoms with van der Waals surface area (Å²) in [4.78, 5) is 34.1. The van der Waals surface area contributed by atoms with Crippen molar-refractivity contribution in [1.82, 2.24) is 14.5 Å². The average molecular weight is 374 g/mol. The minimum atomic E-state index is -0.247. The molecule has 28 heavy (non-hydrogen) atoms. The second-order valence-corrected chi connectivity index (χ2v) is 6.81. The zero-order valence-corrected chi connectivity index (χ0v) is 15.6. The molecule has 142 valence electrons. The van der Waals surface area contributed by atoms with E-state index in [1.807, 2.05) is 48.5 Å². The van der Waals surface area contributed by atoms with Crippen molar-refractivity contribution in [3.8, 4) is 0 Å². The van der Waals surface area contributed by atoms with Crippen LogP contribution in [0.15, 0.2) is 77.9 Å². The van der Waals surface area contributed by atoms with E-state index in [1.165, 1.54) is 0 Å². The lowest BCUT2D eigenvalue weighted by atomic mass is 10.2. The van der Waals surface area contributed by atoms with Gasteiger partial charge in [0.15, 0.2) is 0 Å². The van der Waals surface area contributed by atoms with Gasteiger partial charge in [-0.15, -0.1) is 0 Å². The first-order valence-electron chi connectivity index (χ1n) is 9.41. The molecule has 0 aliphatic carbocycles. The maximum Gasteiger partial charge on any atom is 0.263 e. The number of nitrogens with zero attached hydrogens (tertiary/aromatic N) is 4. The van der Waals surface area contributed by atoms with Gasteiger partial charge in [-0.25, -0.2) is 4.98 Å². The van der Waals surface area contributed by atoms with Crippen LogP contribution in [0.2, 0.25) is 0 Å². The van der Waals surface area contributed by atoms with E-state index < -0.39 is 0 Å². The van der Waals surface area contributed by atoms with Crippen LogP contribution < -0.4 is 10.5 Å². The molecule has 1 aromatic carbocycles. The zero-order valence-electron chi connectivity index (χ0n) is 15.6. The summed E-state index contributed by atoms with van der Waals surface area (Å²) < 4.78 is 1.59. The van der Waals surface area contributed by atoms with E-state index in [4.69, 9.17) is 0 Å². The van der Waals surface area contributed by atoms with Gasteiger partial charge >= 0.3 is 0 Å². The van der Waals surface area contributed by atoms with Crippen molar-refractivity contribution in [2.75, 3.05) is 31.1 Å². The van der Waals surface area contributed by atoms with Crippen LogP contribution >= 0.6 is 0 Å². The molecule has 1 aliphatic heterocycles. The van der Waals surface area contributed by atoms with Crippen molar-refractivity contribution in [2.45, 2.75) is 6.54 Å². The number of hydrogen-bond acceptors (Lipinski definition) is 4. The van der Waals surface area contributed by atoms with Gasteiger partial charge in [0.05, 0.1) is 6.54 Å². The van der Waals surface area contributed by atoms with Gasteiger partial charge < -0.3 is 14.4 Å². The van der Waals surface area contributed by atoms with E-state index in [0.717, 1.165) is 11.4 Å². The lowest BCUT2D eigenvalue weighted by Crippen LogP contribution is -2.50. The Morgan fingerprint density at radius 1 is 0.893 bits per heavy atom. The molecule has 4 rings (SSSR count). The van der Waals surface area contributed by atoms with Gasteiger partial charge in [0.1, 0.15) is 11.4 Å². The number of anilines is 1. The van der Waals surface area contributed by atoms with E-state index in [1.54, 1.807) is 34.0 Å². The molecule has 3 heterocycles. The Kier molecular flexibility index (Phi) is 5.19. The Morgan fingerprint density at radius 3 is 2.36 bits per heavy atom. The van der Waals surface area contributed by atoms with Gasteiger partial charge in [-0.05, 0) is 29.8 Å². The molecular formula is C22H22N4O2. The highest BCUT2D eigenvalue weighted by Gasteiger charge is 2.24. The topological polar surface area (TPSA) is 58.4 Å². The third kappa shape index (κ3) is 3.81. The van der Waals surface area contributed by atoms with Gasteiger partial charge in [0.25, 0.3) is 11.5 Å². The summed E-state index contributed by atoms with van der Waals surface area (Å²) in [7, 11) is 0. The molecule has 0 radical (unpaired) electrons. The first-order chi connectivity index (χ1) is 13.7. The second-order valence-electron chi connectivity index (χ2n) is 6.81.